The molecule has 0 heterocycles. The first-order valence-corrected chi connectivity index (χ1v) is 11.0. The van der Waals surface area contributed by atoms with Crippen LogP contribution >= 0.6 is 37.9 Å². The highest BCUT2D eigenvalue weighted by molar-refractivity contribution is 7.80. The first kappa shape index (κ1) is 25.5. The molecule has 6 N–H and O–H groups in total. The highest BCUT2D eigenvalue weighted by Crippen LogP contribution is 2.14. The molecule has 0 aromatic carbocycles. The van der Waals surface area contributed by atoms with Gasteiger partial charge in [-0.25, -0.2) is 0 Å². The molecule has 0 rings (SSSR count). The molecule has 0 radical (unpaired) electrons. The van der Waals surface area contributed by atoms with Crippen molar-refractivity contribution in [3.63, 3.8) is 0 Å². The fourth-order valence-electron chi connectivity index (χ4n) is 2.46. The molecule has 2 atom stereocenters. The van der Waals surface area contributed by atoms with Crippen molar-refractivity contribution < 1.29 is 0 Å². The van der Waals surface area contributed by atoms with Crippen LogP contribution in [0.25, 0.3) is 0 Å². The Hall–Kier alpha value is -0.540. The maximum Gasteiger partial charge on any atom is 0.0961 e. The molecule has 0 aromatic heterocycles. The molecule has 0 aliphatic carbocycles. The summed E-state index contributed by atoms with van der Waals surface area (Å²) < 4.78 is 0. The Morgan fingerprint density at radius 1 is 0.654 bits per heavy atom. The van der Waals surface area contributed by atoms with Gasteiger partial charge in [-0.3, -0.25) is 15.0 Å². The normalized spacial score (nSPS) is 17.2. The topological polar surface area (TPSA) is 115 Å². The number of rotatable bonds is 14. The van der Waals surface area contributed by atoms with Crippen LogP contribution in [0.4, 0.5) is 0 Å². The Labute approximate surface area is 175 Å². The third-order valence-corrected chi connectivity index (χ3v) is 4.76. The summed E-state index contributed by atoms with van der Waals surface area (Å²) >= 11 is 12.6. The molecule has 9 heteroatoms. The fraction of sp³-hybridized carbons (Fsp3) is 0.824. The predicted octanol–water partition coefficient (Wildman–Crippen LogP) is 2.33. The second kappa shape index (κ2) is 15.5. The Morgan fingerprint density at radius 2 is 0.962 bits per heavy atom. The molecule has 2 unspecified atom stereocenters. The molecule has 0 spiro atoms. The number of nitrogens with zero attached hydrogens (tertiary/aromatic N) is 3. The van der Waals surface area contributed by atoms with E-state index in [1.807, 2.05) is 13.8 Å². The van der Waals surface area contributed by atoms with E-state index in [4.69, 9.17) is 17.2 Å². The van der Waals surface area contributed by atoms with Gasteiger partial charge in [0.15, 0.2) is 0 Å². The lowest BCUT2D eigenvalue weighted by atomic mass is 10.0. The van der Waals surface area contributed by atoms with E-state index in [1.165, 1.54) is 0 Å². The van der Waals surface area contributed by atoms with Crippen LogP contribution in [0, 0.1) is 0 Å². The van der Waals surface area contributed by atoms with Crippen LogP contribution in [-0.2, 0) is 0 Å². The highest BCUT2D eigenvalue weighted by Gasteiger charge is 2.23. The lowest BCUT2D eigenvalue weighted by molar-refractivity contribution is 0.488. The number of hydrogen-bond donors (Lipinski definition) is 6. The molecule has 0 fully saturated rings. The van der Waals surface area contributed by atoms with Crippen LogP contribution in [0.3, 0.4) is 0 Å². The summed E-state index contributed by atoms with van der Waals surface area (Å²) in [6.07, 6.45) is 4.83. The van der Waals surface area contributed by atoms with E-state index in [2.05, 4.69) is 52.9 Å². The summed E-state index contributed by atoms with van der Waals surface area (Å²) in [5, 5.41) is 0. The van der Waals surface area contributed by atoms with Gasteiger partial charge < -0.3 is 17.2 Å². The van der Waals surface area contributed by atoms with Gasteiger partial charge >= 0.3 is 0 Å². The number of hydrogen-bond acceptors (Lipinski definition) is 6. The first-order chi connectivity index (χ1) is 12.3. The van der Waals surface area contributed by atoms with Gasteiger partial charge in [0.1, 0.15) is 0 Å². The molecule has 0 saturated carbocycles. The minimum atomic E-state index is -0.209. The van der Waals surface area contributed by atoms with Gasteiger partial charge in [0.05, 0.1) is 35.6 Å². The summed E-state index contributed by atoms with van der Waals surface area (Å²) in [6, 6.07) is -0.485. The van der Waals surface area contributed by atoms with E-state index in [-0.39, 0.29) is 18.1 Å². The minimum Gasteiger partial charge on any atom is -0.387 e. The number of amidine groups is 3. The SMILES string of the molecule is CC(N=C(N)CCCS)C(N=C(N)CCCS)C(C)N=C(N)CCCS. The maximum atomic E-state index is 6.09. The van der Waals surface area contributed by atoms with Crippen LogP contribution in [-0.4, -0.2) is 52.9 Å². The van der Waals surface area contributed by atoms with E-state index < -0.39 is 0 Å². The minimum absolute atomic E-state index is 0.138. The van der Waals surface area contributed by atoms with Gasteiger partial charge in [-0.1, -0.05) is 0 Å². The Morgan fingerprint density at radius 3 is 1.27 bits per heavy atom. The van der Waals surface area contributed by atoms with E-state index in [9.17, 15) is 0 Å². The van der Waals surface area contributed by atoms with Crippen molar-refractivity contribution in [3.05, 3.63) is 0 Å². The Bertz CT molecular complexity index is 437. The highest BCUT2D eigenvalue weighted by atomic mass is 32.1. The van der Waals surface area contributed by atoms with Gasteiger partial charge in [0.25, 0.3) is 0 Å². The van der Waals surface area contributed by atoms with Crippen molar-refractivity contribution in [3.8, 4) is 0 Å². The number of aliphatic imine (C=N–C) groups is 3. The van der Waals surface area contributed by atoms with Crippen LogP contribution in [0.1, 0.15) is 52.4 Å². The second-order valence-electron chi connectivity index (χ2n) is 6.31. The Kier molecular flexibility index (Phi) is 15.2. The molecule has 0 aliphatic rings. The van der Waals surface area contributed by atoms with Crippen molar-refractivity contribution in [2.24, 2.45) is 32.2 Å². The standard InChI is InChI=1S/C17H36N6S3/c1-12(21-14(18)6-3-9-24)17(23-16(20)8-5-11-26)13(2)22-15(19)7-4-10-25/h12-13,17,24-26H,3-11H2,1-2H3,(H2,18,21)(H2,19,22)(H2,20,23). The Balaban J connectivity index is 5.32. The van der Waals surface area contributed by atoms with E-state index in [0.717, 1.165) is 49.4 Å². The summed E-state index contributed by atoms with van der Waals surface area (Å²) in [4.78, 5) is 13.9. The average Bonchev–Trinajstić information content (AvgIpc) is 2.60. The maximum absolute atomic E-state index is 6.09. The van der Waals surface area contributed by atoms with Crippen LogP contribution in [0.15, 0.2) is 15.0 Å². The molecule has 6 nitrogen and oxygen atoms in total. The van der Waals surface area contributed by atoms with Gasteiger partial charge in [-0.05, 0) is 50.4 Å². The second-order valence-corrected chi connectivity index (χ2v) is 7.66. The van der Waals surface area contributed by atoms with Crippen molar-refractivity contribution in [2.45, 2.75) is 70.5 Å². The molecule has 0 aliphatic heterocycles. The molecular formula is C17H36N6S3. The van der Waals surface area contributed by atoms with Crippen LogP contribution in [0.5, 0.6) is 0 Å². The van der Waals surface area contributed by atoms with Gasteiger partial charge in [0, 0.05) is 19.3 Å². The van der Waals surface area contributed by atoms with Crippen LogP contribution < -0.4 is 17.2 Å². The number of nitrogens with two attached hydrogens (primary N) is 3. The van der Waals surface area contributed by atoms with Crippen molar-refractivity contribution in [2.75, 3.05) is 17.3 Å². The van der Waals surface area contributed by atoms with Crippen LogP contribution in [0.2, 0.25) is 0 Å². The van der Waals surface area contributed by atoms with E-state index >= 15 is 0 Å². The molecule has 0 aromatic rings. The predicted molar refractivity (Wildman–Crippen MR) is 127 cm³/mol. The molecular weight excluding hydrogens is 384 g/mol. The van der Waals surface area contributed by atoms with Crippen molar-refractivity contribution in [1.82, 2.24) is 0 Å². The largest absolute Gasteiger partial charge is 0.387 e. The van der Waals surface area contributed by atoms with Crippen molar-refractivity contribution >= 4 is 55.4 Å². The zero-order valence-corrected chi connectivity index (χ0v) is 18.7. The van der Waals surface area contributed by atoms with Crippen molar-refractivity contribution in [1.29, 1.82) is 0 Å². The quantitative estimate of drug-likeness (QED) is 0.147. The summed E-state index contributed by atoms with van der Waals surface area (Å²) in [6.45, 7) is 3.98. The monoisotopic (exact) mass is 420 g/mol. The fourth-order valence-corrected chi connectivity index (χ4v) is 2.93. The zero-order chi connectivity index (χ0) is 19.9. The summed E-state index contributed by atoms with van der Waals surface area (Å²) in [5.74, 6) is 4.15. The zero-order valence-electron chi connectivity index (χ0n) is 16.0. The lowest BCUT2D eigenvalue weighted by Gasteiger charge is -2.23. The third kappa shape index (κ3) is 12.0. The molecule has 26 heavy (non-hydrogen) atoms. The molecule has 0 saturated heterocycles. The molecule has 0 bridgehead atoms. The average molecular weight is 421 g/mol. The third-order valence-electron chi connectivity index (χ3n) is 3.82. The van der Waals surface area contributed by atoms with Gasteiger partial charge in [-0.2, -0.15) is 37.9 Å². The molecule has 152 valence electrons. The smallest absolute Gasteiger partial charge is 0.0961 e. The van der Waals surface area contributed by atoms with E-state index in [0.29, 0.717) is 23.9 Å². The lowest BCUT2D eigenvalue weighted by Crippen LogP contribution is -2.35. The van der Waals surface area contributed by atoms with Gasteiger partial charge in [-0.15, -0.1) is 0 Å². The first-order valence-electron chi connectivity index (χ1n) is 9.14. The van der Waals surface area contributed by atoms with E-state index in [1.54, 1.807) is 0 Å². The summed E-state index contributed by atoms with van der Waals surface area (Å²) in [7, 11) is 0. The summed E-state index contributed by atoms with van der Waals surface area (Å²) in [5.41, 5.74) is 18.2. The molecule has 0 amide bonds. The number of thiol groups is 3. The van der Waals surface area contributed by atoms with Gasteiger partial charge in [0.2, 0.25) is 0 Å².